The Labute approximate surface area is 117 Å². The molecule has 2 N–H and O–H groups in total. The van der Waals surface area contributed by atoms with Crippen LogP contribution in [-0.4, -0.2) is 18.1 Å². The molecule has 0 aliphatic carbocycles. The number of rotatable bonds is 2. The minimum absolute atomic E-state index is 0.207. The summed E-state index contributed by atoms with van der Waals surface area (Å²) in [4.78, 5) is 5.78. The zero-order valence-electron chi connectivity index (χ0n) is 11.8. The number of nitrogens with zero attached hydrogens (tertiary/aromatic N) is 2. The van der Waals surface area contributed by atoms with E-state index in [2.05, 4.69) is 11.9 Å². The molecule has 1 aromatic heterocycles. The van der Waals surface area contributed by atoms with Crippen LogP contribution in [0.5, 0.6) is 0 Å². The van der Waals surface area contributed by atoms with Gasteiger partial charge in [0.1, 0.15) is 11.5 Å². The van der Waals surface area contributed by atoms with E-state index in [0.717, 1.165) is 32.0 Å². The molecule has 0 spiro atoms. The molecule has 1 saturated heterocycles. The third-order valence-corrected chi connectivity index (χ3v) is 3.90. The average Bonchev–Trinajstić information content (AvgIpc) is 2.37. The van der Waals surface area contributed by atoms with Crippen LogP contribution in [0.1, 0.15) is 36.6 Å². The van der Waals surface area contributed by atoms with E-state index in [4.69, 9.17) is 5.73 Å². The molecule has 6 heteroatoms. The van der Waals surface area contributed by atoms with Crippen molar-refractivity contribution in [2.45, 2.75) is 39.4 Å². The van der Waals surface area contributed by atoms with Gasteiger partial charge in [0.15, 0.2) is 0 Å². The lowest BCUT2D eigenvalue weighted by molar-refractivity contribution is -0.141. The first-order valence-corrected chi connectivity index (χ1v) is 6.85. The van der Waals surface area contributed by atoms with Crippen LogP contribution >= 0.6 is 0 Å². The van der Waals surface area contributed by atoms with Crippen LogP contribution < -0.4 is 10.6 Å². The van der Waals surface area contributed by atoms with Crippen molar-refractivity contribution in [1.82, 2.24) is 4.98 Å². The average molecular weight is 287 g/mol. The number of anilines is 1. The number of aryl methyl sites for hydroxylation is 1. The van der Waals surface area contributed by atoms with E-state index in [-0.39, 0.29) is 6.54 Å². The number of nitrogens with two attached hydrogens (primary N) is 1. The predicted octanol–water partition coefficient (Wildman–Crippen LogP) is 3.10. The van der Waals surface area contributed by atoms with Gasteiger partial charge in [-0.25, -0.2) is 4.98 Å². The topological polar surface area (TPSA) is 42.2 Å². The quantitative estimate of drug-likeness (QED) is 0.909. The maximum atomic E-state index is 12.9. The fourth-order valence-electron chi connectivity index (χ4n) is 2.56. The fraction of sp³-hybridized carbons (Fsp3) is 0.643. The summed E-state index contributed by atoms with van der Waals surface area (Å²) < 4.78 is 38.7. The van der Waals surface area contributed by atoms with Crippen molar-refractivity contribution in [3.63, 3.8) is 0 Å². The highest BCUT2D eigenvalue weighted by atomic mass is 19.4. The second kappa shape index (κ2) is 5.60. The van der Waals surface area contributed by atoms with Gasteiger partial charge in [-0.1, -0.05) is 6.92 Å². The van der Waals surface area contributed by atoms with Gasteiger partial charge in [0.25, 0.3) is 0 Å². The molecular formula is C14H20F3N3. The summed E-state index contributed by atoms with van der Waals surface area (Å²) in [6.45, 7) is 5.50. The van der Waals surface area contributed by atoms with E-state index in [1.807, 2.05) is 4.90 Å². The van der Waals surface area contributed by atoms with Crippen LogP contribution in [0.4, 0.5) is 19.0 Å². The standard InChI is InChI=1S/C14H20F3N3/c1-9-3-5-20(6-4-9)13-11(8-18)10(2)7-12(19-13)14(15,16)17/h7,9H,3-6,8,18H2,1-2H3. The number of piperidine rings is 1. The van der Waals surface area contributed by atoms with Crippen LogP contribution in [0.2, 0.25) is 0 Å². The Bertz CT molecular complexity index is 477. The second-order valence-corrected chi connectivity index (χ2v) is 5.50. The first-order chi connectivity index (χ1) is 9.32. The number of alkyl halides is 3. The van der Waals surface area contributed by atoms with Gasteiger partial charge in [-0.15, -0.1) is 0 Å². The number of halogens is 3. The number of hydrogen-bond donors (Lipinski definition) is 1. The SMILES string of the molecule is Cc1cc(C(F)(F)F)nc(N2CCC(C)CC2)c1CN. The number of aromatic nitrogens is 1. The summed E-state index contributed by atoms with van der Waals surface area (Å²) in [5, 5.41) is 0. The maximum absolute atomic E-state index is 12.9. The molecule has 1 aliphatic heterocycles. The van der Waals surface area contributed by atoms with Crippen LogP contribution in [0.25, 0.3) is 0 Å². The summed E-state index contributed by atoms with van der Waals surface area (Å²) in [6, 6.07) is 1.08. The lowest BCUT2D eigenvalue weighted by atomic mass is 9.98. The summed E-state index contributed by atoms with van der Waals surface area (Å²) in [5.74, 6) is 1.02. The first-order valence-electron chi connectivity index (χ1n) is 6.85. The van der Waals surface area contributed by atoms with Gasteiger partial charge in [0, 0.05) is 25.2 Å². The van der Waals surface area contributed by atoms with Gasteiger partial charge < -0.3 is 10.6 Å². The normalized spacial score (nSPS) is 17.6. The van der Waals surface area contributed by atoms with Crippen molar-refractivity contribution in [1.29, 1.82) is 0 Å². The summed E-state index contributed by atoms with van der Waals surface area (Å²) in [5.41, 5.74) is 6.14. The van der Waals surface area contributed by atoms with Crippen molar-refractivity contribution in [2.24, 2.45) is 11.7 Å². The van der Waals surface area contributed by atoms with Crippen LogP contribution in [-0.2, 0) is 12.7 Å². The Balaban J connectivity index is 2.41. The Morgan fingerprint density at radius 2 is 1.95 bits per heavy atom. The molecule has 0 aromatic carbocycles. The lowest BCUT2D eigenvalue weighted by Gasteiger charge is -2.33. The van der Waals surface area contributed by atoms with Crippen molar-refractivity contribution >= 4 is 5.82 Å². The van der Waals surface area contributed by atoms with Gasteiger partial charge in [0.05, 0.1) is 0 Å². The molecule has 1 fully saturated rings. The van der Waals surface area contributed by atoms with E-state index in [1.54, 1.807) is 6.92 Å². The Morgan fingerprint density at radius 3 is 2.45 bits per heavy atom. The Kier molecular flexibility index (Phi) is 4.22. The molecule has 0 saturated carbocycles. The second-order valence-electron chi connectivity index (χ2n) is 5.50. The summed E-state index contributed by atoms with van der Waals surface area (Å²) in [6.07, 6.45) is -2.47. The smallest absolute Gasteiger partial charge is 0.356 e. The molecule has 2 heterocycles. The highest BCUT2D eigenvalue weighted by molar-refractivity contribution is 5.52. The summed E-state index contributed by atoms with van der Waals surface area (Å²) >= 11 is 0. The highest BCUT2D eigenvalue weighted by Gasteiger charge is 2.34. The van der Waals surface area contributed by atoms with Gasteiger partial charge in [-0.3, -0.25) is 0 Å². The highest BCUT2D eigenvalue weighted by Crippen LogP contribution is 2.33. The number of hydrogen-bond acceptors (Lipinski definition) is 3. The van der Waals surface area contributed by atoms with Crippen molar-refractivity contribution in [3.8, 4) is 0 Å². The molecule has 0 bridgehead atoms. The minimum atomic E-state index is -4.42. The minimum Gasteiger partial charge on any atom is -0.356 e. The van der Waals surface area contributed by atoms with Crippen molar-refractivity contribution < 1.29 is 13.2 Å². The number of pyridine rings is 1. The molecule has 3 nitrogen and oxygen atoms in total. The lowest BCUT2D eigenvalue weighted by Crippen LogP contribution is -2.35. The van der Waals surface area contributed by atoms with E-state index in [9.17, 15) is 13.2 Å². The van der Waals surface area contributed by atoms with Crippen molar-refractivity contribution in [2.75, 3.05) is 18.0 Å². The third kappa shape index (κ3) is 3.06. The molecule has 2 rings (SSSR count). The van der Waals surface area contributed by atoms with Crippen LogP contribution in [0.15, 0.2) is 6.07 Å². The molecule has 0 amide bonds. The molecular weight excluding hydrogens is 267 g/mol. The van der Waals surface area contributed by atoms with Crippen LogP contribution in [0.3, 0.4) is 0 Å². The van der Waals surface area contributed by atoms with E-state index < -0.39 is 11.9 Å². The molecule has 112 valence electrons. The fourth-order valence-corrected chi connectivity index (χ4v) is 2.56. The largest absolute Gasteiger partial charge is 0.433 e. The molecule has 1 aromatic rings. The van der Waals surface area contributed by atoms with E-state index in [1.165, 1.54) is 0 Å². The van der Waals surface area contributed by atoms with Gasteiger partial charge in [0.2, 0.25) is 0 Å². The van der Waals surface area contributed by atoms with Gasteiger partial charge >= 0.3 is 6.18 Å². The molecule has 0 unspecified atom stereocenters. The van der Waals surface area contributed by atoms with E-state index in [0.29, 0.717) is 22.9 Å². The monoisotopic (exact) mass is 287 g/mol. The molecule has 0 atom stereocenters. The first kappa shape index (κ1) is 15.1. The zero-order valence-corrected chi connectivity index (χ0v) is 11.8. The summed E-state index contributed by atoms with van der Waals surface area (Å²) in [7, 11) is 0. The maximum Gasteiger partial charge on any atom is 0.433 e. The Hall–Kier alpha value is -1.30. The third-order valence-electron chi connectivity index (χ3n) is 3.90. The zero-order chi connectivity index (χ0) is 14.9. The van der Waals surface area contributed by atoms with Gasteiger partial charge in [-0.05, 0) is 37.3 Å². The van der Waals surface area contributed by atoms with Crippen LogP contribution in [0, 0.1) is 12.8 Å². The van der Waals surface area contributed by atoms with E-state index >= 15 is 0 Å². The van der Waals surface area contributed by atoms with Crippen molar-refractivity contribution in [3.05, 3.63) is 22.9 Å². The molecule has 0 radical (unpaired) electrons. The Morgan fingerprint density at radius 1 is 1.35 bits per heavy atom. The predicted molar refractivity (Wildman–Crippen MR) is 72.5 cm³/mol. The molecule has 1 aliphatic rings. The van der Waals surface area contributed by atoms with Gasteiger partial charge in [-0.2, -0.15) is 13.2 Å². The molecule has 20 heavy (non-hydrogen) atoms.